The minimum Gasteiger partial charge on any atom is -0.395 e. The van der Waals surface area contributed by atoms with Crippen molar-refractivity contribution in [3.05, 3.63) is 35.5 Å². The van der Waals surface area contributed by atoms with Gasteiger partial charge >= 0.3 is 6.03 Å². The first-order valence-electron chi connectivity index (χ1n) is 6.71. The van der Waals surface area contributed by atoms with Crippen LogP contribution < -0.4 is 16.0 Å². The summed E-state index contributed by atoms with van der Waals surface area (Å²) in [6.45, 7) is 0.119. The number of carbonyl (C=O) groups excluding carboxylic acids is 3. The summed E-state index contributed by atoms with van der Waals surface area (Å²) in [5.74, 6) is -0.945. The number of imide groups is 1. The topological polar surface area (TPSA) is 111 Å². The van der Waals surface area contributed by atoms with E-state index in [1.165, 1.54) is 6.08 Å². The smallest absolute Gasteiger partial charge is 0.319 e. The van der Waals surface area contributed by atoms with Crippen molar-refractivity contribution in [2.75, 3.05) is 23.8 Å². The van der Waals surface area contributed by atoms with Crippen molar-refractivity contribution in [2.24, 2.45) is 0 Å². The van der Waals surface area contributed by atoms with Gasteiger partial charge in [0.15, 0.2) is 0 Å². The molecule has 3 rings (SSSR count). The highest BCUT2D eigenvalue weighted by molar-refractivity contribution is 6.17. The van der Waals surface area contributed by atoms with Gasteiger partial charge in [0.05, 0.1) is 13.2 Å². The first kappa shape index (κ1) is 14.1. The fourth-order valence-electron chi connectivity index (χ4n) is 2.33. The molecule has 0 aromatic heterocycles. The van der Waals surface area contributed by atoms with Gasteiger partial charge in [-0.25, -0.2) is 4.79 Å². The number of hydrogen-bond donors (Lipinski definition) is 4. The first-order valence-corrected chi connectivity index (χ1v) is 6.71. The van der Waals surface area contributed by atoms with E-state index in [0.717, 1.165) is 10.5 Å². The first-order chi connectivity index (χ1) is 10.6. The number of nitrogens with zero attached hydrogens (tertiary/aromatic N) is 1. The molecule has 1 aromatic rings. The van der Waals surface area contributed by atoms with Crippen LogP contribution in [-0.4, -0.2) is 41.0 Å². The van der Waals surface area contributed by atoms with Crippen LogP contribution in [0.2, 0.25) is 0 Å². The van der Waals surface area contributed by atoms with Gasteiger partial charge < -0.3 is 21.1 Å². The van der Waals surface area contributed by atoms with Crippen molar-refractivity contribution in [1.29, 1.82) is 0 Å². The van der Waals surface area contributed by atoms with Crippen LogP contribution in [0.4, 0.5) is 16.2 Å². The van der Waals surface area contributed by atoms with Gasteiger partial charge in [0, 0.05) is 24.0 Å². The van der Waals surface area contributed by atoms with E-state index in [1.54, 1.807) is 12.1 Å². The molecule has 0 saturated carbocycles. The summed E-state index contributed by atoms with van der Waals surface area (Å²) >= 11 is 0. The van der Waals surface area contributed by atoms with Crippen molar-refractivity contribution in [2.45, 2.75) is 6.54 Å². The Morgan fingerprint density at radius 1 is 1.27 bits per heavy atom. The number of amides is 4. The molecule has 8 heteroatoms. The Morgan fingerprint density at radius 2 is 2.09 bits per heavy atom. The molecule has 2 aliphatic rings. The molecule has 0 radical (unpaired) electrons. The molecule has 4 N–H and O–H groups in total. The molecular weight excluding hydrogens is 288 g/mol. The SMILES string of the molecule is O=C1NCc2ccc(NC3=CC(=O)N(CCO)C3=O)cc2N1. The summed E-state index contributed by atoms with van der Waals surface area (Å²) in [4.78, 5) is 36.0. The van der Waals surface area contributed by atoms with Crippen LogP contribution in [0.1, 0.15) is 5.56 Å². The predicted molar refractivity (Wildman–Crippen MR) is 77.8 cm³/mol. The lowest BCUT2D eigenvalue weighted by molar-refractivity contribution is -0.137. The highest BCUT2D eigenvalue weighted by Crippen LogP contribution is 2.25. The molecule has 2 heterocycles. The molecule has 0 atom stereocenters. The molecule has 0 spiro atoms. The van der Waals surface area contributed by atoms with E-state index in [0.29, 0.717) is 17.9 Å². The lowest BCUT2D eigenvalue weighted by atomic mass is 10.1. The number of aliphatic hydroxyl groups is 1. The lowest BCUT2D eigenvalue weighted by Gasteiger charge is -2.19. The Kier molecular flexibility index (Phi) is 3.51. The maximum atomic E-state index is 12.0. The van der Waals surface area contributed by atoms with E-state index in [2.05, 4.69) is 16.0 Å². The number of nitrogens with one attached hydrogen (secondary N) is 3. The highest BCUT2D eigenvalue weighted by Gasteiger charge is 2.30. The van der Waals surface area contributed by atoms with Gasteiger partial charge in [0.2, 0.25) is 0 Å². The number of hydrogen-bond acceptors (Lipinski definition) is 5. The minimum atomic E-state index is -0.484. The molecule has 114 valence electrons. The quantitative estimate of drug-likeness (QED) is 0.584. The normalized spacial score (nSPS) is 16.9. The third kappa shape index (κ3) is 2.51. The van der Waals surface area contributed by atoms with Crippen molar-refractivity contribution in [3.8, 4) is 0 Å². The Labute approximate surface area is 125 Å². The molecule has 4 amide bonds. The molecule has 0 bridgehead atoms. The Hall–Kier alpha value is -2.87. The van der Waals surface area contributed by atoms with Crippen molar-refractivity contribution >= 4 is 29.2 Å². The van der Waals surface area contributed by atoms with Gasteiger partial charge in [-0.2, -0.15) is 0 Å². The van der Waals surface area contributed by atoms with Crippen LogP contribution in [0.15, 0.2) is 30.0 Å². The van der Waals surface area contributed by atoms with E-state index in [4.69, 9.17) is 5.11 Å². The second-order valence-corrected chi connectivity index (χ2v) is 4.88. The number of rotatable bonds is 4. The van der Waals surface area contributed by atoms with E-state index >= 15 is 0 Å². The minimum absolute atomic E-state index is 0.0364. The van der Waals surface area contributed by atoms with Crippen LogP contribution in [0.3, 0.4) is 0 Å². The molecule has 0 aliphatic carbocycles. The zero-order chi connectivity index (χ0) is 15.7. The molecule has 0 saturated heterocycles. The second kappa shape index (κ2) is 5.49. The molecule has 22 heavy (non-hydrogen) atoms. The van der Waals surface area contributed by atoms with Crippen molar-refractivity contribution in [3.63, 3.8) is 0 Å². The summed E-state index contributed by atoms with van der Waals surface area (Å²) in [5.41, 5.74) is 2.30. The highest BCUT2D eigenvalue weighted by atomic mass is 16.3. The van der Waals surface area contributed by atoms with Gasteiger partial charge in [0.1, 0.15) is 5.70 Å². The van der Waals surface area contributed by atoms with Gasteiger partial charge in [-0.3, -0.25) is 14.5 Å². The zero-order valence-corrected chi connectivity index (χ0v) is 11.5. The average molecular weight is 302 g/mol. The van der Waals surface area contributed by atoms with E-state index in [-0.39, 0.29) is 24.9 Å². The van der Waals surface area contributed by atoms with Crippen molar-refractivity contribution in [1.82, 2.24) is 10.2 Å². The maximum Gasteiger partial charge on any atom is 0.319 e. The number of fused-ring (bicyclic) bond motifs is 1. The molecule has 8 nitrogen and oxygen atoms in total. The number of benzene rings is 1. The van der Waals surface area contributed by atoms with Gasteiger partial charge in [0.25, 0.3) is 11.8 Å². The largest absolute Gasteiger partial charge is 0.395 e. The van der Waals surface area contributed by atoms with Gasteiger partial charge in [-0.05, 0) is 17.7 Å². The third-order valence-corrected chi connectivity index (χ3v) is 3.41. The zero-order valence-electron chi connectivity index (χ0n) is 11.5. The third-order valence-electron chi connectivity index (χ3n) is 3.41. The number of urea groups is 1. The predicted octanol–water partition coefficient (Wildman–Crippen LogP) is -0.0214. The molecular formula is C14H14N4O4. The van der Waals surface area contributed by atoms with E-state index in [1.807, 2.05) is 6.07 Å². The molecule has 0 fully saturated rings. The van der Waals surface area contributed by atoms with E-state index in [9.17, 15) is 14.4 Å². The Morgan fingerprint density at radius 3 is 2.86 bits per heavy atom. The van der Waals surface area contributed by atoms with Gasteiger partial charge in [-0.1, -0.05) is 6.07 Å². The van der Waals surface area contributed by atoms with Crippen LogP contribution >= 0.6 is 0 Å². The fourth-order valence-corrected chi connectivity index (χ4v) is 2.33. The fraction of sp³-hybridized carbons (Fsp3) is 0.214. The summed E-state index contributed by atoms with van der Waals surface area (Å²) in [7, 11) is 0. The second-order valence-electron chi connectivity index (χ2n) is 4.88. The van der Waals surface area contributed by atoms with Crippen LogP contribution in [0.25, 0.3) is 0 Å². The summed E-state index contributed by atoms with van der Waals surface area (Å²) in [5, 5.41) is 17.1. The van der Waals surface area contributed by atoms with Crippen molar-refractivity contribution < 1.29 is 19.5 Å². The number of aliphatic hydroxyl groups excluding tert-OH is 1. The summed E-state index contributed by atoms with van der Waals surface area (Å²) < 4.78 is 0. The monoisotopic (exact) mass is 302 g/mol. The summed E-state index contributed by atoms with van der Waals surface area (Å²) in [6.07, 6.45) is 1.19. The Balaban J connectivity index is 1.78. The molecule has 0 unspecified atom stereocenters. The molecule has 2 aliphatic heterocycles. The Bertz CT molecular complexity index is 698. The average Bonchev–Trinajstić information content (AvgIpc) is 2.75. The van der Waals surface area contributed by atoms with Gasteiger partial charge in [-0.15, -0.1) is 0 Å². The number of carbonyl (C=O) groups is 3. The standard InChI is InChI=1S/C14H14N4O4/c19-4-3-18-12(20)6-11(13(18)21)16-9-2-1-8-7-15-14(22)17-10(8)5-9/h1-2,5-6,16,19H,3-4,7H2,(H2,15,17,22). The summed E-state index contributed by atoms with van der Waals surface area (Å²) in [6, 6.07) is 4.98. The van der Waals surface area contributed by atoms with Crippen LogP contribution in [-0.2, 0) is 16.1 Å². The lowest BCUT2D eigenvalue weighted by Crippen LogP contribution is -2.34. The maximum absolute atomic E-state index is 12.0. The van der Waals surface area contributed by atoms with Crippen LogP contribution in [0, 0.1) is 0 Å². The number of anilines is 2. The van der Waals surface area contributed by atoms with Crippen LogP contribution in [0.5, 0.6) is 0 Å². The number of β-amino-alcohol motifs (C(OH)–C–C–N with tert-alkyl or cyclic N) is 1. The molecule has 1 aromatic carbocycles. The van der Waals surface area contributed by atoms with E-state index < -0.39 is 11.8 Å².